The number of carbonyl (C=O) groups excluding carboxylic acids is 3. The zero-order valence-electron chi connectivity index (χ0n) is 27.0. The van der Waals surface area contributed by atoms with Gasteiger partial charge in [0.05, 0.1) is 23.3 Å². The summed E-state index contributed by atoms with van der Waals surface area (Å²) < 4.78 is 61.3. The van der Waals surface area contributed by atoms with Crippen LogP contribution in [0.4, 0.5) is 13.2 Å². The predicted octanol–water partition coefficient (Wildman–Crippen LogP) is 9.92. The molecule has 0 fully saturated rings. The molecule has 0 saturated carbocycles. The Labute approximate surface area is 274 Å². The Hall–Kier alpha value is -4.34. The number of benzene rings is 3. The minimum Gasteiger partial charge on any atom is -0.494 e. The largest absolute Gasteiger partial charge is 0.494 e. The summed E-state index contributed by atoms with van der Waals surface area (Å²) in [6.45, 7) is 4.76. The van der Waals surface area contributed by atoms with E-state index >= 15 is 0 Å². The third-order valence-corrected chi connectivity index (χ3v) is 7.39. The smallest absolute Gasteiger partial charge is 0.425 e. The van der Waals surface area contributed by atoms with Crippen molar-refractivity contribution in [3.63, 3.8) is 0 Å². The highest BCUT2D eigenvalue weighted by molar-refractivity contribution is 5.93. The second-order valence-electron chi connectivity index (χ2n) is 11.3. The van der Waals surface area contributed by atoms with Crippen LogP contribution in [-0.2, 0) is 4.74 Å². The van der Waals surface area contributed by atoms with Crippen LogP contribution in [0.5, 0.6) is 17.2 Å². The normalized spacial score (nSPS) is 11.9. The van der Waals surface area contributed by atoms with E-state index in [-0.39, 0.29) is 29.0 Å². The predicted molar refractivity (Wildman–Crippen MR) is 172 cm³/mol. The van der Waals surface area contributed by atoms with Crippen LogP contribution in [0.3, 0.4) is 0 Å². The summed E-state index contributed by atoms with van der Waals surface area (Å²) >= 11 is 0. The van der Waals surface area contributed by atoms with Gasteiger partial charge in [0.1, 0.15) is 17.2 Å². The van der Waals surface area contributed by atoms with Crippen LogP contribution in [0.15, 0.2) is 72.8 Å². The average molecular weight is 657 g/mol. The summed E-state index contributed by atoms with van der Waals surface area (Å²) in [5.74, 6) is -1.43. The van der Waals surface area contributed by atoms with E-state index in [1.807, 2.05) is 6.92 Å². The molecular weight excluding hydrogens is 613 g/mol. The molecule has 0 aliphatic carbocycles. The average Bonchev–Trinajstić information content (AvgIpc) is 3.06. The van der Waals surface area contributed by atoms with E-state index in [4.69, 9.17) is 18.9 Å². The lowest BCUT2D eigenvalue weighted by Gasteiger charge is -2.20. The number of carbonyl (C=O) groups is 3. The number of halogens is 3. The molecule has 0 aliphatic rings. The minimum atomic E-state index is -4.67. The van der Waals surface area contributed by atoms with Crippen LogP contribution in [0.1, 0.15) is 116 Å². The highest BCUT2D eigenvalue weighted by atomic mass is 19.4. The third kappa shape index (κ3) is 13.1. The molecule has 1 atom stereocenters. The van der Waals surface area contributed by atoms with Gasteiger partial charge in [-0.15, -0.1) is 0 Å². The molecule has 3 rings (SSSR count). The van der Waals surface area contributed by atoms with Gasteiger partial charge in [0.15, 0.2) is 6.10 Å². The summed E-state index contributed by atoms with van der Waals surface area (Å²) in [5, 5.41) is 0. The molecule has 47 heavy (non-hydrogen) atoms. The Morgan fingerprint density at radius 2 is 0.957 bits per heavy atom. The number of unbranched alkanes of at least 4 members (excludes halogenated alkanes) is 8. The Bertz CT molecular complexity index is 1390. The lowest BCUT2D eigenvalue weighted by Crippen LogP contribution is -2.33. The van der Waals surface area contributed by atoms with Crippen LogP contribution < -0.4 is 14.2 Å². The fraction of sp³-hybridized carbons (Fsp3) is 0.432. The summed E-state index contributed by atoms with van der Waals surface area (Å²) in [4.78, 5) is 37.6. The molecule has 0 radical (unpaired) electrons. The molecule has 1 unspecified atom stereocenters. The van der Waals surface area contributed by atoms with Crippen molar-refractivity contribution in [2.75, 3.05) is 6.61 Å². The maximum atomic E-state index is 13.4. The van der Waals surface area contributed by atoms with Crippen molar-refractivity contribution in [3.05, 3.63) is 89.5 Å². The molecule has 0 bridgehead atoms. The standard InChI is InChI=1S/C37H43F3O7/c1-3-5-7-9-10-12-26-44-30-20-14-27(15-21-30)34(41)45-31-22-16-28(17-23-31)35(42)46-32-24-18-29(19-25-32)36(43)47-33(37(38,39)40)13-11-8-6-4-2/h14-25,33H,3-13,26H2,1-2H3. The van der Waals surface area contributed by atoms with Crippen LogP contribution in [0.25, 0.3) is 0 Å². The number of ether oxygens (including phenoxy) is 4. The fourth-order valence-electron chi connectivity index (χ4n) is 4.65. The number of rotatable bonds is 19. The molecule has 0 aromatic heterocycles. The van der Waals surface area contributed by atoms with Crippen LogP contribution in [-0.4, -0.2) is 36.8 Å². The highest BCUT2D eigenvalue weighted by Crippen LogP contribution is 2.28. The molecule has 0 spiro atoms. The van der Waals surface area contributed by atoms with E-state index in [9.17, 15) is 27.6 Å². The van der Waals surface area contributed by atoms with Crippen LogP contribution in [0, 0.1) is 0 Å². The summed E-state index contributed by atoms with van der Waals surface area (Å²) in [6, 6.07) is 17.5. The highest BCUT2D eigenvalue weighted by Gasteiger charge is 2.42. The van der Waals surface area contributed by atoms with Crippen molar-refractivity contribution in [1.82, 2.24) is 0 Å². The summed E-state index contributed by atoms with van der Waals surface area (Å²) in [5.41, 5.74) is 0.402. The molecule has 3 aromatic carbocycles. The van der Waals surface area contributed by atoms with Crippen molar-refractivity contribution in [2.24, 2.45) is 0 Å². The monoisotopic (exact) mass is 656 g/mol. The van der Waals surface area contributed by atoms with Gasteiger partial charge in [0.2, 0.25) is 0 Å². The molecule has 0 aliphatic heterocycles. The molecule has 0 amide bonds. The fourth-order valence-corrected chi connectivity index (χ4v) is 4.65. The number of esters is 3. The topological polar surface area (TPSA) is 88.1 Å². The first kappa shape index (κ1) is 37.1. The van der Waals surface area contributed by atoms with E-state index in [1.54, 1.807) is 24.3 Å². The Morgan fingerprint density at radius 3 is 1.43 bits per heavy atom. The molecule has 7 nitrogen and oxygen atoms in total. The molecular formula is C37H43F3O7. The lowest BCUT2D eigenvalue weighted by atomic mass is 10.1. The Morgan fingerprint density at radius 1 is 0.553 bits per heavy atom. The van der Waals surface area contributed by atoms with E-state index in [2.05, 4.69) is 6.92 Å². The molecule has 254 valence electrons. The van der Waals surface area contributed by atoms with Gasteiger partial charge in [-0.2, -0.15) is 13.2 Å². The van der Waals surface area contributed by atoms with Crippen molar-refractivity contribution >= 4 is 17.9 Å². The summed E-state index contributed by atoms with van der Waals surface area (Å²) in [7, 11) is 0. The first-order valence-electron chi connectivity index (χ1n) is 16.3. The van der Waals surface area contributed by atoms with E-state index in [1.165, 1.54) is 74.2 Å². The second-order valence-corrected chi connectivity index (χ2v) is 11.3. The quantitative estimate of drug-likeness (QED) is 0.0721. The van der Waals surface area contributed by atoms with Crippen molar-refractivity contribution in [2.45, 2.75) is 96.8 Å². The van der Waals surface area contributed by atoms with Crippen molar-refractivity contribution in [1.29, 1.82) is 0 Å². The van der Waals surface area contributed by atoms with E-state index < -0.39 is 30.2 Å². The van der Waals surface area contributed by atoms with Crippen molar-refractivity contribution < 1.29 is 46.5 Å². The lowest BCUT2D eigenvalue weighted by molar-refractivity contribution is -0.206. The molecule has 0 heterocycles. The van der Waals surface area contributed by atoms with Gasteiger partial charge >= 0.3 is 24.1 Å². The maximum absolute atomic E-state index is 13.4. The van der Waals surface area contributed by atoms with Gasteiger partial charge in [-0.25, -0.2) is 14.4 Å². The van der Waals surface area contributed by atoms with Gasteiger partial charge in [0, 0.05) is 0 Å². The van der Waals surface area contributed by atoms with Crippen LogP contribution >= 0.6 is 0 Å². The third-order valence-electron chi connectivity index (χ3n) is 7.39. The summed E-state index contributed by atoms with van der Waals surface area (Å²) in [6.07, 6.45) is 2.48. The Balaban J connectivity index is 1.46. The van der Waals surface area contributed by atoms with Crippen LogP contribution in [0.2, 0.25) is 0 Å². The van der Waals surface area contributed by atoms with Gasteiger partial charge < -0.3 is 18.9 Å². The number of alkyl halides is 3. The minimum absolute atomic E-state index is 0.0772. The molecule has 0 saturated heterocycles. The number of hydrogen-bond donors (Lipinski definition) is 0. The van der Waals surface area contributed by atoms with Crippen molar-refractivity contribution in [3.8, 4) is 17.2 Å². The zero-order valence-corrected chi connectivity index (χ0v) is 27.0. The van der Waals surface area contributed by atoms with Gasteiger partial charge in [-0.3, -0.25) is 0 Å². The maximum Gasteiger partial charge on any atom is 0.425 e. The second kappa shape index (κ2) is 19.4. The van der Waals surface area contributed by atoms with Gasteiger partial charge in [-0.1, -0.05) is 65.2 Å². The van der Waals surface area contributed by atoms with E-state index in [0.717, 1.165) is 25.7 Å². The Kier molecular flexibility index (Phi) is 15.3. The molecule has 3 aromatic rings. The van der Waals surface area contributed by atoms with E-state index in [0.29, 0.717) is 30.8 Å². The first-order valence-corrected chi connectivity index (χ1v) is 16.3. The van der Waals surface area contributed by atoms with Gasteiger partial charge in [-0.05, 0) is 92.1 Å². The SMILES string of the molecule is CCCCCCCCOc1ccc(C(=O)Oc2ccc(C(=O)Oc3ccc(C(=O)OC(CCCCCC)C(F)(F)F)cc3)cc2)cc1. The molecule has 0 N–H and O–H groups in total. The number of hydrogen-bond acceptors (Lipinski definition) is 7. The zero-order chi connectivity index (χ0) is 34.1. The first-order chi connectivity index (χ1) is 22.6. The van der Waals surface area contributed by atoms with Gasteiger partial charge in [0.25, 0.3) is 0 Å². The molecule has 10 heteroatoms.